The molecule has 1 heteroatoms. The summed E-state index contributed by atoms with van der Waals surface area (Å²) in [5, 5.41) is 0. The zero-order valence-electron chi connectivity index (χ0n) is 6.55. The molecule has 1 rings (SSSR count). The van der Waals surface area contributed by atoms with Crippen LogP contribution in [0.2, 0.25) is 0 Å². The van der Waals surface area contributed by atoms with E-state index >= 15 is 0 Å². The van der Waals surface area contributed by atoms with Crippen LogP contribution in [0.4, 0.5) is 0 Å². The van der Waals surface area contributed by atoms with Crippen LogP contribution in [0.3, 0.4) is 0 Å². The quantitative estimate of drug-likeness (QED) is 0.598. The minimum atomic E-state index is 0.157. The molecule has 1 aromatic carbocycles. The van der Waals surface area contributed by atoms with Crippen molar-refractivity contribution in [2.75, 3.05) is 0 Å². The Labute approximate surface area is 67.1 Å². The van der Waals surface area contributed by atoms with E-state index in [9.17, 15) is 4.79 Å². The molecule has 0 amide bonds. The summed E-state index contributed by atoms with van der Waals surface area (Å²) in [6.07, 6.45) is 1.50. The van der Waals surface area contributed by atoms with Gasteiger partial charge in [0.15, 0.2) is 5.78 Å². The topological polar surface area (TPSA) is 17.1 Å². The smallest absolute Gasteiger partial charge is 0.163 e. The molecule has 1 nitrogen and oxygen atoms in total. The fourth-order valence-electron chi connectivity index (χ4n) is 0.875. The Bertz CT molecular complexity index is 226. The predicted octanol–water partition coefficient (Wildman–Crippen LogP) is 2.27. The summed E-state index contributed by atoms with van der Waals surface area (Å²) in [7, 11) is 0. The minimum Gasteiger partial charge on any atom is -0.294 e. The van der Waals surface area contributed by atoms with Crippen LogP contribution in [-0.2, 0) is 0 Å². The first kappa shape index (κ1) is 7.99. The Hall–Kier alpha value is -1.11. The van der Waals surface area contributed by atoms with Crippen LogP contribution >= 0.6 is 0 Å². The van der Waals surface area contributed by atoms with Crippen LogP contribution in [0.5, 0.6) is 0 Å². The third kappa shape index (κ3) is 2.19. The molecule has 2 radical (unpaired) electrons. The highest BCUT2D eigenvalue weighted by Crippen LogP contribution is 2.02. The second-order valence-electron chi connectivity index (χ2n) is 2.38. The van der Waals surface area contributed by atoms with Crippen molar-refractivity contribution in [3.05, 3.63) is 35.9 Å². The molecule has 0 spiro atoms. The van der Waals surface area contributed by atoms with Crippen LogP contribution in [0.25, 0.3) is 0 Å². The van der Waals surface area contributed by atoms with Gasteiger partial charge in [0.1, 0.15) is 0 Å². The van der Waals surface area contributed by atoms with Crippen LogP contribution in [-0.4, -0.2) is 5.78 Å². The van der Waals surface area contributed by atoms with Gasteiger partial charge in [0.2, 0.25) is 0 Å². The molecule has 0 saturated carbocycles. The Morgan fingerprint density at radius 2 is 2.36 bits per heavy atom. The Morgan fingerprint density at radius 3 is 2.91 bits per heavy atom. The fourth-order valence-corrected chi connectivity index (χ4v) is 0.875. The lowest BCUT2D eigenvalue weighted by Crippen LogP contribution is -1.96. The Kier molecular flexibility index (Phi) is 2.84. The first-order chi connectivity index (χ1) is 5.34. The monoisotopic (exact) mass is 146 g/mol. The zero-order valence-corrected chi connectivity index (χ0v) is 6.55. The molecular formula is C10H10O. The van der Waals surface area contributed by atoms with Gasteiger partial charge in [-0.25, -0.2) is 0 Å². The number of hydrogen-bond acceptors (Lipinski definition) is 1. The average molecular weight is 146 g/mol. The first-order valence-corrected chi connectivity index (χ1v) is 3.75. The van der Waals surface area contributed by atoms with Crippen LogP contribution < -0.4 is 0 Å². The van der Waals surface area contributed by atoms with Gasteiger partial charge in [0.05, 0.1) is 0 Å². The highest BCUT2D eigenvalue weighted by molar-refractivity contribution is 5.95. The summed E-state index contributed by atoms with van der Waals surface area (Å²) in [4.78, 5) is 11.2. The maximum atomic E-state index is 11.2. The summed E-state index contributed by atoms with van der Waals surface area (Å²) >= 11 is 0. The van der Waals surface area contributed by atoms with E-state index in [2.05, 4.69) is 12.1 Å². The summed E-state index contributed by atoms with van der Waals surface area (Å²) in [6.45, 7) is 1.99. The molecule has 0 aliphatic rings. The van der Waals surface area contributed by atoms with Crippen molar-refractivity contribution in [2.45, 2.75) is 19.8 Å². The van der Waals surface area contributed by atoms with Gasteiger partial charge in [0, 0.05) is 12.0 Å². The molecule has 0 heterocycles. The highest BCUT2D eigenvalue weighted by Gasteiger charge is 2.01. The second kappa shape index (κ2) is 3.91. The van der Waals surface area contributed by atoms with Gasteiger partial charge < -0.3 is 0 Å². The van der Waals surface area contributed by atoms with E-state index in [1.54, 1.807) is 18.2 Å². The molecule has 0 fully saturated rings. The van der Waals surface area contributed by atoms with Gasteiger partial charge in [-0.15, -0.1) is 0 Å². The van der Waals surface area contributed by atoms with E-state index in [4.69, 9.17) is 0 Å². The lowest BCUT2D eigenvalue weighted by atomic mass is 10.1. The number of Topliss-reactive ketones (excluding diaryl/α,β-unsaturated/α-hetero) is 1. The number of benzene rings is 1. The van der Waals surface area contributed by atoms with Crippen molar-refractivity contribution in [2.24, 2.45) is 0 Å². The average Bonchev–Trinajstić information content (AvgIpc) is 2.07. The lowest BCUT2D eigenvalue weighted by molar-refractivity contribution is 0.0981. The van der Waals surface area contributed by atoms with Crippen LogP contribution in [0.15, 0.2) is 18.2 Å². The van der Waals surface area contributed by atoms with Crippen molar-refractivity contribution in [1.82, 2.24) is 0 Å². The van der Waals surface area contributed by atoms with E-state index in [0.717, 1.165) is 6.42 Å². The van der Waals surface area contributed by atoms with E-state index in [1.807, 2.05) is 6.92 Å². The molecular weight excluding hydrogens is 136 g/mol. The van der Waals surface area contributed by atoms with Crippen molar-refractivity contribution >= 4 is 5.78 Å². The number of carbonyl (C=O) groups is 1. The largest absolute Gasteiger partial charge is 0.294 e. The zero-order chi connectivity index (χ0) is 8.10. The SMILES string of the molecule is CCCC(=O)c1[c]cc[c]c1. The number of rotatable bonds is 3. The maximum absolute atomic E-state index is 11.2. The molecule has 0 atom stereocenters. The Morgan fingerprint density at radius 1 is 1.55 bits per heavy atom. The highest BCUT2D eigenvalue weighted by atomic mass is 16.1. The van der Waals surface area contributed by atoms with Gasteiger partial charge >= 0.3 is 0 Å². The molecule has 0 aliphatic heterocycles. The normalized spacial score (nSPS) is 9.55. The molecule has 1 aromatic rings. The van der Waals surface area contributed by atoms with Gasteiger partial charge in [-0.05, 0) is 24.6 Å². The van der Waals surface area contributed by atoms with Crippen molar-refractivity contribution < 1.29 is 4.79 Å². The molecule has 0 bridgehead atoms. The summed E-state index contributed by atoms with van der Waals surface area (Å²) in [6, 6.07) is 10.8. The molecule has 11 heavy (non-hydrogen) atoms. The number of ketones is 1. The summed E-state index contributed by atoms with van der Waals surface area (Å²) in [5.74, 6) is 0.157. The van der Waals surface area contributed by atoms with Crippen LogP contribution in [0.1, 0.15) is 30.1 Å². The molecule has 0 aromatic heterocycles. The Balaban J connectivity index is 2.69. The third-order valence-electron chi connectivity index (χ3n) is 1.42. The number of hydrogen-bond donors (Lipinski definition) is 0. The molecule has 0 unspecified atom stereocenters. The standard InChI is InChI=1S/C10H10O/c1-2-6-10(11)9-7-4-3-5-8-9/h3-4,8H,2,6H2,1H3. The van der Waals surface area contributed by atoms with E-state index in [1.165, 1.54) is 0 Å². The maximum Gasteiger partial charge on any atom is 0.163 e. The lowest BCUT2D eigenvalue weighted by Gasteiger charge is -1.95. The van der Waals surface area contributed by atoms with Gasteiger partial charge in [0.25, 0.3) is 0 Å². The van der Waals surface area contributed by atoms with E-state index in [0.29, 0.717) is 12.0 Å². The molecule has 56 valence electrons. The minimum absolute atomic E-state index is 0.157. The van der Waals surface area contributed by atoms with Crippen molar-refractivity contribution in [1.29, 1.82) is 0 Å². The van der Waals surface area contributed by atoms with Gasteiger partial charge in [-0.3, -0.25) is 4.79 Å². The number of carbonyl (C=O) groups excluding carboxylic acids is 1. The molecule has 0 saturated heterocycles. The first-order valence-electron chi connectivity index (χ1n) is 3.75. The van der Waals surface area contributed by atoms with E-state index in [-0.39, 0.29) is 5.78 Å². The fraction of sp³-hybridized carbons (Fsp3) is 0.300. The summed E-state index contributed by atoms with van der Waals surface area (Å²) < 4.78 is 0. The van der Waals surface area contributed by atoms with E-state index < -0.39 is 0 Å². The molecule has 0 aliphatic carbocycles. The van der Waals surface area contributed by atoms with Crippen LogP contribution in [0, 0.1) is 12.1 Å². The van der Waals surface area contributed by atoms with Gasteiger partial charge in [-0.1, -0.05) is 19.1 Å². The van der Waals surface area contributed by atoms with Crippen molar-refractivity contribution in [3.8, 4) is 0 Å². The summed E-state index contributed by atoms with van der Waals surface area (Å²) in [5.41, 5.74) is 0.648. The molecule has 0 N–H and O–H groups in total. The third-order valence-corrected chi connectivity index (χ3v) is 1.42. The van der Waals surface area contributed by atoms with Crippen molar-refractivity contribution in [3.63, 3.8) is 0 Å². The second-order valence-corrected chi connectivity index (χ2v) is 2.38. The predicted molar refractivity (Wildman–Crippen MR) is 43.4 cm³/mol. The van der Waals surface area contributed by atoms with Gasteiger partial charge in [-0.2, -0.15) is 0 Å².